The van der Waals surface area contributed by atoms with E-state index in [1.54, 1.807) is 20.8 Å². The Balaban J connectivity index is 4.17. The van der Waals surface area contributed by atoms with Gasteiger partial charge in [-0.25, -0.2) is 0 Å². The molecule has 0 N–H and O–H groups in total. The van der Waals surface area contributed by atoms with Gasteiger partial charge in [0.15, 0.2) is 0 Å². The van der Waals surface area contributed by atoms with Gasteiger partial charge in [0.2, 0.25) is 0 Å². The van der Waals surface area contributed by atoms with Crippen molar-refractivity contribution in [3.05, 3.63) is 0 Å². The number of hydrogen-bond acceptors (Lipinski definition) is 2. The van der Waals surface area contributed by atoms with E-state index in [2.05, 4.69) is 0 Å². The third kappa shape index (κ3) is 1.85. The maximum absolute atomic E-state index is 10.3. The van der Waals surface area contributed by atoms with Gasteiger partial charge in [-0.1, -0.05) is 13.8 Å². The Labute approximate surface area is 55.5 Å². The Hall–Kier alpha value is -0.840. The molecule has 0 saturated heterocycles. The van der Waals surface area contributed by atoms with Crippen LogP contribution in [0.15, 0.2) is 0 Å². The van der Waals surface area contributed by atoms with E-state index in [0.717, 1.165) is 6.29 Å². The lowest BCUT2D eigenvalue weighted by atomic mass is 9.83. The summed E-state index contributed by atoms with van der Waals surface area (Å²) in [5.41, 5.74) is -0.491. The zero-order valence-electron chi connectivity index (χ0n) is 6.01. The molecule has 0 aliphatic carbocycles. The minimum absolute atomic E-state index is 0.199. The summed E-state index contributed by atoms with van der Waals surface area (Å²) in [5, 5.41) is 8.39. The molecule has 0 heterocycles. The zero-order chi connectivity index (χ0) is 7.49. The molecule has 2 heteroatoms. The quantitative estimate of drug-likeness (QED) is 0.523. The average molecular weight is 125 g/mol. The second kappa shape index (κ2) is 2.63. The van der Waals surface area contributed by atoms with Gasteiger partial charge in [0.05, 0.1) is 12.0 Å². The number of carbonyl (C=O) groups is 1. The van der Waals surface area contributed by atoms with Gasteiger partial charge in [-0.3, -0.25) is 0 Å². The summed E-state index contributed by atoms with van der Waals surface area (Å²) < 4.78 is 0. The number of aldehydes is 1. The molecule has 0 radical (unpaired) electrons. The number of nitriles is 1. The molecule has 0 spiro atoms. The molecule has 0 saturated carbocycles. The lowest BCUT2D eigenvalue weighted by Gasteiger charge is -2.18. The minimum Gasteiger partial charge on any atom is -0.303 e. The molecule has 9 heavy (non-hydrogen) atoms. The van der Waals surface area contributed by atoms with Gasteiger partial charge in [0, 0.05) is 5.41 Å². The Morgan fingerprint density at radius 1 is 1.67 bits per heavy atom. The monoisotopic (exact) mass is 125 g/mol. The standard InChI is InChI=1S/C7H11NO/c1-6(4-8)7(2,3)5-9/h5-6H,1-3H3. The van der Waals surface area contributed by atoms with Crippen LogP contribution in [-0.2, 0) is 4.79 Å². The third-order valence-corrected chi connectivity index (χ3v) is 1.61. The van der Waals surface area contributed by atoms with E-state index in [1.807, 2.05) is 6.07 Å². The van der Waals surface area contributed by atoms with Crippen LogP contribution < -0.4 is 0 Å². The van der Waals surface area contributed by atoms with Crippen molar-refractivity contribution in [2.45, 2.75) is 20.8 Å². The van der Waals surface area contributed by atoms with Crippen LogP contribution in [0.3, 0.4) is 0 Å². The Kier molecular flexibility index (Phi) is 2.39. The summed E-state index contributed by atoms with van der Waals surface area (Å²) >= 11 is 0. The van der Waals surface area contributed by atoms with Gasteiger partial charge in [-0.05, 0) is 6.92 Å². The second-order valence-corrected chi connectivity index (χ2v) is 2.79. The molecular formula is C7H11NO. The van der Waals surface area contributed by atoms with Crippen molar-refractivity contribution in [3.8, 4) is 6.07 Å². The average Bonchev–Trinajstić information content (AvgIpc) is 1.86. The summed E-state index contributed by atoms with van der Waals surface area (Å²) in [6.07, 6.45) is 0.820. The van der Waals surface area contributed by atoms with Crippen LogP contribution in [0.1, 0.15) is 20.8 Å². The van der Waals surface area contributed by atoms with Gasteiger partial charge in [-0.15, -0.1) is 0 Å². The van der Waals surface area contributed by atoms with E-state index >= 15 is 0 Å². The maximum atomic E-state index is 10.3. The highest BCUT2D eigenvalue weighted by Gasteiger charge is 2.24. The summed E-state index contributed by atoms with van der Waals surface area (Å²) in [4.78, 5) is 10.3. The Morgan fingerprint density at radius 2 is 2.11 bits per heavy atom. The molecular weight excluding hydrogens is 114 g/mol. The highest BCUT2D eigenvalue weighted by Crippen LogP contribution is 2.22. The summed E-state index contributed by atoms with van der Waals surface area (Å²) in [5.74, 6) is -0.199. The fourth-order valence-electron chi connectivity index (χ4n) is 0.268. The molecule has 50 valence electrons. The van der Waals surface area contributed by atoms with Crippen molar-refractivity contribution in [3.63, 3.8) is 0 Å². The number of rotatable bonds is 2. The highest BCUT2D eigenvalue weighted by molar-refractivity contribution is 5.59. The van der Waals surface area contributed by atoms with Crippen LogP contribution in [-0.4, -0.2) is 6.29 Å². The lowest BCUT2D eigenvalue weighted by Crippen LogP contribution is -2.21. The van der Waals surface area contributed by atoms with Crippen LogP contribution in [0.2, 0.25) is 0 Å². The first-order valence-electron chi connectivity index (χ1n) is 2.90. The second-order valence-electron chi connectivity index (χ2n) is 2.79. The fraction of sp³-hybridized carbons (Fsp3) is 0.714. The van der Waals surface area contributed by atoms with Crippen molar-refractivity contribution < 1.29 is 4.79 Å². The lowest BCUT2D eigenvalue weighted by molar-refractivity contribution is -0.115. The molecule has 2 nitrogen and oxygen atoms in total. The van der Waals surface area contributed by atoms with Gasteiger partial charge in [-0.2, -0.15) is 5.26 Å². The van der Waals surface area contributed by atoms with Crippen LogP contribution in [0.5, 0.6) is 0 Å². The highest BCUT2D eigenvalue weighted by atomic mass is 16.1. The molecule has 0 aromatic heterocycles. The van der Waals surface area contributed by atoms with Crippen LogP contribution in [0.4, 0.5) is 0 Å². The topological polar surface area (TPSA) is 40.9 Å². The number of carbonyl (C=O) groups excluding carboxylic acids is 1. The summed E-state index contributed by atoms with van der Waals surface area (Å²) in [6, 6.07) is 2.02. The molecule has 0 aromatic rings. The van der Waals surface area contributed by atoms with Crippen LogP contribution >= 0.6 is 0 Å². The third-order valence-electron chi connectivity index (χ3n) is 1.61. The SMILES string of the molecule is CC(C#N)C(C)(C)C=O. The zero-order valence-corrected chi connectivity index (χ0v) is 6.01. The molecule has 1 atom stereocenters. The first-order valence-corrected chi connectivity index (χ1v) is 2.90. The van der Waals surface area contributed by atoms with Gasteiger partial charge < -0.3 is 4.79 Å². The van der Waals surface area contributed by atoms with E-state index in [4.69, 9.17) is 5.26 Å². The van der Waals surface area contributed by atoms with E-state index in [9.17, 15) is 4.79 Å². The largest absolute Gasteiger partial charge is 0.303 e. The minimum atomic E-state index is -0.491. The van der Waals surface area contributed by atoms with E-state index < -0.39 is 5.41 Å². The van der Waals surface area contributed by atoms with Crippen molar-refractivity contribution in [2.75, 3.05) is 0 Å². The molecule has 0 bridgehead atoms. The van der Waals surface area contributed by atoms with Crippen molar-refractivity contribution in [2.24, 2.45) is 11.3 Å². The van der Waals surface area contributed by atoms with Gasteiger partial charge in [0.1, 0.15) is 6.29 Å². The predicted octanol–water partition coefficient (Wildman–Crippen LogP) is 1.37. The summed E-state index contributed by atoms with van der Waals surface area (Å²) in [6.45, 7) is 5.26. The first kappa shape index (κ1) is 8.16. The van der Waals surface area contributed by atoms with Gasteiger partial charge >= 0.3 is 0 Å². The normalized spacial score (nSPS) is 14.0. The van der Waals surface area contributed by atoms with Crippen LogP contribution in [0.25, 0.3) is 0 Å². The number of hydrogen-bond donors (Lipinski definition) is 0. The smallest absolute Gasteiger partial charge is 0.126 e. The van der Waals surface area contributed by atoms with Crippen LogP contribution in [0, 0.1) is 22.7 Å². The van der Waals surface area contributed by atoms with Crippen molar-refractivity contribution in [1.29, 1.82) is 5.26 Å². The van der Waals surface area contributed by atoms with E-state index in [1.165, 1.54) is 0 Å². The Bertz CT molecular complexity index is 143. The molecule has 0 aromatic carbocycles. The van der Waals surface area contributed by atoms with Crippen molar-refractivity contribution in [1.82, 2.24) is 0 Å². The van der Waals surface area contributed by atoms with Crippen molar-refractivity contribution >= 4 is 6.29 Å². The molecule has 0 fully saturated rings. The van der Waals surface area contributed by atoms with E-state index in [-0.39, 0.29) is 5.92 Å². The van der Waals surface area contributed by atoms with Gasteiger partial charge in [0.25, 0.3) is 0 Å². The van der Waals surface area contributed by atoms with E-state index in [0.29, 0.717) is 0 Å². The Morgan fingerprint density at radius 3 is 2.22 bits per heavy atom. The molecule has 0 amide bonds. The molecule has 0 aliphatic rings. The fourth-order valence-corrected chi connectivity index (χ4v) is 0.268. The molecule has 0 aliphatic heterocycles. The molecule has 0 rings (SSSR count). The first-order chi connectivity index (χ1) is 4.04. The number of nitrogens with zero attached hydrogens (tertiary/aromatic N) is 1. The molecule has 1 unspecified atom stereocenters. The maximum Gasteiger partial charge on any atom is 0.126 e. The predicted molar refractivity (Wildman–Crippen MR) is 34.6 cm³/mol. The summed E-state index contributed by atoms with van der Waals surface area (Å²) in [7, 11) is 0.